The van der Waals surface area contributed by atoms with Gasteiger partial charge in [0.25, 0.3) is 0 Å². The smallest absolute Gasteiger partial charge is 0.236 e. The standard InChI is InChI=1S/C12H24N2O2/c1-3-14(11-6-7-11)12(16)9-13-10(2)5-4-8-15/h10-11,13,15H,3-9H2,1-2H3. The number of carbonyl (C=O) groups excluding carboxylic acids is 1. The average molecular weight is 228 g/mol. The topological polar surface area (TPSA) is 52.6 Å². The van der Waals surface area contributed by atoms with Crippen molar-refractivity contribution in [2.45, 2.75) is 51.6 Å². The van der Waals surface area contributed by atoms with E-state index in [1.54, 1.807) is 0 Å². The molecule has 0 spiro atoms. The Morgan fingerprint density at radius 3 is 2.75 bits per heavy atom. The number of rotatable bonds is 8. The van der Waals surface area contributed by atoms with E-state index < -0.39 is 0 Å². The van der Waals surface area contributed by atoms with Crippen LogP contribution in [-0.4, -0.2) is 47.7 Å². The van der Waals surface area contributed by atoms with Gasteiger partial charge in [0.1, 0.15) is 0 Å². The van der Waals surface area contributed by atoms with Gasteiger partial charge in [0.05, 0.1) is 6.54 Å². The number of nitrogens with zero attached hydrogens (tertiary/aromatic N) is 1. The first-order valence-electron chi connectivity index (χ1n) is 6.32. The molecule has 0 aromatic heterocycles. The summed E-state index contributed by atoms with van der Waals surface area (Å²) >= 11 is 0. The first-order valence-corrected chi connectivity index (χ1v) is 6.32. The predicted octanol–water partition coefficient (Wildman–Crippen LogP) is 0.748. The van der Waals surface area contributed by atoms with Crippen LogP contribution in [0, 0.1) is 0 Å². The SMILES string of the molecule is CCN(C(=O)CNC(C)CCCO)C1CC1. The predicted molar refractivity (Wildman–Crippen MR) is 64.2 cm³/mol. The fraction of sp³-hybridized carbons (Fsp3) is 0.917. The maximum absolute atomic E-state index is 11.8. The van der Waals surface area contributed by atoms with E-state index in [2.05, 4.69) is 12.2 Å². The highest BCUT2D eigenvalue weighted by atomic mass is 16.2. The van der Waals surface area contributed by atoms with Crippen LogP contribution in [0.1, 0.15) is 39.5 Å². The van der Waals surface area contributed by atoms with Crippen LogP contribution >= 0.6 is 0 Å². The van der Waals surface area contributed by atoms with Crippen molar-refractivity contribution in [1.82, 2.24) is 10.2 Å². The Bertz CT molecular complexity index is 217. The molecular weight excluding hydrogens is 204 g/mol. The van der Waals surface area contributed by atoms with Crippen LogP contribution in [0.4, 0.5) is 0 Å². The number of likely N-dealkylation sites (N-methyl/N-ethyl adjacent to an activating group) is 1. The van der Waals surface area contributed by atoms with E-state index in [1.807, 2.05) is 11.8 Å². The summed E-state index contributed by atoms with van der Waals surface area (Å²) in [5.41, 5.74) is 0. The van der Waals surface area contributed by atoms with Crippen LogP contribution in [0.2, 0.25) is 0 Å². The number of aliphatic hydroxyl groups is 1. The van der Waals surface area contributed by atoms with Crippen LogP contribution in [0.3, 0.4) is 0 Å². The quantitative estimate of drug-likeness (QED) is 0.644. The number of nitrogens with one attached hydrogen (secondary N) is 1. The largest absolute Gasteiger partial charge is 0.396 e. The highest BCUT2D eigenvalue weighted by molar-refractivity contribution is 5.78. The fourth-order valence-electron chi connectivity index (χ4n) is 1.89. The monoisotopic (exact) mass is 228 g/mol. The molecule has 0 bridgehead atoms. The number of hydrogen-bond acceptors (Lipinski definition) is 3. The van der Waals surface area contributed by atoms with Gasteiger partial charge in [-0.2, -0.15) is 0 Å². The molecule has 0 aromatic carbocycles. The van der Waals surface area contributed by atoms with E-state index in [0.717, 1.165) is 19.4 Å². The highest BCUT2D eigenvalue weighted by Crippen LogP contribution is 2.26. The third kappa shape index (κ3) is 4.49. The summed E-state index contributed by atoms with van der Waals surface area (Å²) in [4.78, 5) is 13.8. The van der Waals surface area contributed by atoms with Gasteiger partial charge in [-0.25, -0.2) is 0 Å². The van der Waals surface area contributed by atoms with Crippen molar-refractivity contribution < 1.29 is 9.90 Å². The molecule has 2 N–H and O–H groups in total. The van der Waals surface area contributed by atoms with E-state index in [9.17, 15) is 4.79 Å². The minimum absolute atomic E-state index is 0.209. The Morgan fingerprint density at radius 1 is 1.56 bits per heavy atom. The molecule has 4 heteroatoms. The van der Waals surface area contributed by atoms with Crippen LogP contribution in [-0.2, 0) is 4.79 Å². The van der Waals surface area contributed by atoms with Gasteiger partial charge < -0.3 is 15.3 Å². The van der Waals surface area contributed by atoms with Crippen molar-refractivity contribution in [3.63, 3.8) is 0 Å². The van der Waals surface area contributed by atoms with Crippen LogP contribution in [0.25, 0.3) is 0 Å². The van der Waals surface area contributed by atoms with Crippen LogP contribution < -0.4 is 5.32 Å². The Balaban J connectivity index is 2.17. The molecule has 94 valence electrons. The molecule has 4 nitrogen and oxygen atoms in total. The third-order valence-corrected chi connectivity index (χ3v) is 3.05. The molecule has 0 aromatic rings. The van der Waals surface area contributed by atoms with Gasteiger partial charge in [0.2, 0.25) is 5.91 Å². The van der Waals surface area contributed by atoms with Gasteiger partial charge in [0.15, 0.2) is 0 Å². The summed E-state index contributed by atoms with van der Waals surface area (Å²) in [7, 11) is 0. The molecule has 1 aliphatic carbocycles. The van der Waals surface area contributed by atoms with Crippen molar-refractivity contribution in [1.29, 1.82) is 0 Å². The first kappa shape index (κ1) is 13.5. The lowest BCUT2D eigenvalue weighted by molar-refractivity contribution is -0.130. The van der Waals surface area contributed by atoms with Crippen LogP contribution in [0.15, 0.2) is 0 Å². The van der Waals surface area contributed by atoms with Crippen molar-refractivity contribution >= 4 is 5.91 Å². The number of hydrogen-bond donors (Lipinski definition) is 2. The third-order valence-electron chi connectivity index (χ3n) is 3.05. The molecule has 1 fully saturated rings. The maximum atomic E-state index is 11.8. The molecule has 0 radical (unpaired) electrons. The Labute approximate surface area is 98.0 Å². The van der Waals surface area contributed by atoms with Gasteiger partial charge in [-0.15, -0.1) is 0 Å². The molecule has 0 heterocycles. The minimum atomic E-state index is 0.209. The lowest BCUT2D eigenvalue weighted by atomic mass is 10.2. The normalized spacial score (nSPS) is 17.2. The summed E-state index contributed by atoms with van der Waals surface area (Å²) in [5, 5.41) is 11.9. The fourth-order valence-corrected chi connectivity index (χ4v) is 1.89. The second-order valence-corrected chi connectivity index (χ2v) is 4.56. The second kappa shape index (κ2) is 6.86. The number of aliphatic hydroxyl groups excluding tert-OH is 1. The van der Waals surface area contributed by atoms with Gasteiger partial charge in [-0.3, -0.25) is 4.79 Å². The average Bonchev–Trinajstić information content (AvgIpc) is 3.08. The molecule has 0 aliphatic heterocycles. The maximum Gasteiger partial charge on any atom is 0.236 e. The van der Waals surface area contributed by atoms with Crippen molar-refractivity contribution in [3.05, 3.63) is 0 Å². The molecule has 0 saturated heterocycles. The van der Waals surface area contributed by atoms with Crippen molar-refractivity contribution in [2.75, 3.05) is 19.7 Å². The minimum Gasteiger partial charge on any atom is -0.396 e. The van der Waals surface area contributed by atoms with E-state index in [1.165, 1.54) is 12.8 Å². The van der Waals surface area contributed by atoms with Gasteiger partial charge >= 0.3 is 0 Å². The molecule has 1 rings (SSSR count). The Hall–Kier alpha value is -0.610. The molecule has 1 saturated carbocycles. The Morgan fingerprint density at radius 2 is 2.25 bits per heavy atom. The molecular formula is C12H24N2O2. The summed E-state index contributed by atoms with van der Waals surface area (Å²) in [5.74, 6) is 0.209. The molecule has 1 amide bonds. The number of carbonyl (C=O) groups is 1. The van der Waals surface area contributed by atoms with E-state index >= 15 is 0 Å². The molecule has 1 aliphatic rings. The Kier molecular flexibility index (Phi) is 5.77. The summed E-state index contributed by atoms with van der Waals surface area (Å²) in [6.45, 7) is 5.55. The second-order valence-electron chi connectivity index (χ2n) is 4.56. The van der Waals surface area contributed by atoms with Gasteiger partial charge in [-0.05, 0) is 39.5 Å². The lowest BCUT2D eigenvalue weighted by Crippen LogP contribution is -2.42. The van der Waals surface area contributed by atoms with E-state index in [4.69, 9.17) is 5.11 Å². The van der Waals surface area contributed by atoms with Gasteiger partial charge in [-0.1, -0.05) is 0 Å². The molecule has 16 heavy (non-hydrogen) atoms. The molecule has 1 unspecified atom stereocenters. The zero-order valence-corrected chi connectivity index (χ0v) is 10.4. The summed E-state index contributed by atoms with van der Waals surface area (Å²) in [6.07, 6.45) is 4.04. The number of amides is 1. The summed E-state index contributed by atoms with van der Waals surface area (Å²) in [6, 6.07) is 0.807. The first-order chi connectivity index (χ1) is 7.69. The van der Waals surface area contributed by atoms with Crippen molar-refractivity contribution in [2.24, 2.45) is 0 Å². The van der Waals surface area contributed by atoms with Crippen molar-refractivity contribution in [3.8, 4) is 0 Å². The molecule has 1 atom stereocenters. The lowest BCUT2D eigenvalue weighted by Gasteiger charge is -2.22. The van der Waals surface area contributed by atoms with E-state index in [-0.39, 0.29) is 12.5 Å². The van der Waals surface area contributed by atoms with Crippen LogP contribution in [0.5, 0.6) is 0 Å². The summed E-state index contributed by atoms with van der Waals surface area (Å²) < 4.78 is 0. The van der Waals surface area contributed by atoms with E-state index in [0.29, 0.717) is 18.6 Å². The highest BCUT2D eigenvalue weighted by Gasteiger charge is 2.30. The zero-order valence-electron chi connectivity index (χ0n) is 10.4. The van der Waals surface area contributed by atoms with Gasteiger partial charge in [0, 0.05) is 25.2 Å². The zero-order chi connectivity index (χ0) is 12.0.